The first-order valence-corrected chi connectivity index (χ1v) is 6.87. The third-order valence-corrected chi connectivity index (χ3v) is 3.38. The summed E-state index contributed by atoms with van der Waals surface area (Å²) in [5, 5.41) is 0. The molecule has 0 aliphatic heterocycles. The van der Waals surface area contributed by atoms with Gasteiger partial charge in [-0.15, -0.1) is 0 Å². The Morgan fingerprint density at radius 2 is 1.70 bits per heavy atom. The van der Waals surface area contributed by atoms with Gasteiger partial charge in [0.2, 0.25) is 0 Å². The molecule has 0 aliphatic rings. The molecule has 2 rings (SSSR count). The van der Waals surface area contributed by atoms with Gasteiger partial charge in [0.05, 0.1) is 14.2 Å². The van der Waals surface area contributed by atoms with Crippen molar-refractivity contribution in [1.29, 1.82) is 0 Å². The van der Waals surface area contributed by atoms with Gasteiger partial charge in [0.1, 0.15) is 0 Å². The van der Waals surface area contributed by atoms with Crippen LogP contribution in [-0.4, -0.2) is 32.1 Å². The number of ether oxygens (including phenoxy) is 2. The molecule has 0 radical (unpaired) electrons. The highest BCUT2D eigenvalue weighted by atomic mass is 19.2. The quantitative estimate of drug-likeness (QED) is 0.848. The number of rotatable bonds is 5. The maximum Gasteiger partial charge on any atom is 0.254 e. The van der Waals surface area contributed by atoms with Crippen LogP contribution in [0.2, 0.25) is 0 Å². The van der Waals surface area contributed by atoms with Gasteiger partial charge >= 0.3 is 0 Å². The molecule has 1 amide bonds. The Kier molecular flexibility index (Phi) is 5.16. The van der Waals surface area contributed by atoms with Gasteiger partial charge < -0.3 is 14.4 Å². The SMILES string of the molecule is COc1ccc(C(=O)N(C)Cc2ccc(F)c(F)c2)cc1OC. The van der Waals surface area contributed by atoms with Crippen molar-refractivity contribution in [3.05, 3.63) is 59.2 Å². The highest BCUT2D eigenvalue weighted by Crippen LogP contribution is 2.28. The summed E-state index contributed by atoms with van der Waals surface area (Å²) < 4.78 is 36.5. The fraction of sp³-hybridized carbons (Fsp3) is 0.235. The van der Waals surface area contributed by atoms with Crippen LogP contribution >= 0.6 is 0 Å². The van der Waals surface area contributed by atoms with E-state index in [0.717, 1.165) is 12.1 Å². The zero-order valence-electron chi connectivity index (χ0n) is 13.1. The van der Waals surface area contributed by atoms with Crippen LogP contribution in [0.3, 0.4) is 0 Å². The van der Waals surface area contributed by atoms with Crippen molar-refractivity contribution in [3.8, 4) is 11.5 Å². The highest BCUT2D eigenvalue weighted by molar-refractivity contribution is 5.94. The monoisotopic (exact) mass is 321 g/mol. The van der Waals surface area contributed by atoms with Crippen molar-refractivity contribution in [2.24, 2.45) is 0 Å². The second kappa shape index (κ2) is 7.09. The van der Waals surface area contributed by atoms with Gasteiger partial charge in [-0.25, -0.2) is 8.78 Å². The predicted molar refractivity (Wildman–Crippen MR) is 81.7 cm³/mol. The lowest BCUT2D eigenvalue weighted by Gasteiger charge is -2.18. The van der Waals surface area contributed by atoms with E-state index in [0.29, 0.717) is 22.6 Å². The number of carbonyl (C=O) groups excluding carboxylic acids is 1. The lowest BCUT2D eigenvalue weighted by Crippen LogP contribution is -2.26. The molecule has 0 saturated heterocycles. The van der Waals surface area contributed by atoms with E-state index in [1.165, 1.54) is 25.2 Å². The molecule has 2 aromatic rings. The zero-order valence-corrected chi connectivity index (χ0v) is 13.1. The summed E-state index contributed by atoms with van der Waals surface area (Å²) >= 11 is 0. The third kappa shape index (κ3) is 3.77. The fourth-order valence-corrected chi connectivity index (χ4v) is 2.17. The van der Waals surface area contributed by atoms with E-state index in [1.54, 1.807) is 25.2 Å². The molecule has 4 nitrogen and oxygen atoms in total. The topological polar surface area (TPSA) is 38.8 Å². The smallest absolute Gasteiger partial charge is 0.254 e. The van der Waals surface area contributed by atoms with Crippen molar-refractivity contribution in [3.63, 3.8) is 0 Å². The minimum atomic E-state index is -0.936. The zero-order chi connectivity index (χ0) is 17.0. The van der Waals surface area contributed by atoms with Crippen LogP contribution in [0.25, 0.3) is 0 Å². The van der Waals surface area contributed by atoms with Gasteiger partial charge in [-0.2, -0.15) is 0 Å². The summed E-state index contributed by atoms with van der Waals surface area (Å²) in [6.07, 6.45) is 0. The molecule has 0 aliphatic carbocycles. The molecule has 23 heavy (non-hydrogen) atoms. The first kappa shape index (κ1) is 16.7. The fourth-order valence-electron chi connectivity index (χ4n) is 2.17. The molecule has 0 bridgehead atoms. The van der Waals surface area contributed by atoms with Crippen LogP contribution < -0.4 is 9.47 Å². The van der Waals surface area contributed by atoms with Crippen LogP contribution in [-0.2, 0) is 6.54 Å². The normalized spacial score (nSPS) is 10.3. The Morgan fingerprint density at radius 3 is 2.30 bits per heavy atom. The van der Waals surface area contributed by atoms with E-state index >= 15 is 0 Å². The number of amides is 1. The molecule has 2 aromatic carbocycles. The Balaban J connectivity index is 2.17. The van der Waals surface area contributed by atoms with E-state index in [4.69, 9.17) is 9.47 Å². The first-order chi connectivity index (χ1) is 11.0. The van der Waals surface area contributed by atoms with Gasteiger partial charge in [0.25, 0.3) is 5.91 Å². The predicted octanol–water partition coefficient (Wildman–Crippen LogP) is 3.25. The molecule has 0 N–H and O–H groups in total. The van der Waals surface area contributed by atoms with Crippen LogP contribution in [0.15, 0.2) is 36.4 Å². The van der Waals surface area contributed by atoms with Gasteiger partial charge in [0, 0.05) is 19.2 Å². The molecule has 6 heteroatoms. The summed E-state index contributed by atoms with van der Waals surface area (Å²) in [5.41, 5.74) is 0.910. The highest BCUT2D eigenvalue weighted by Gasteiger charge is 2.15. The minimum absolute atomic E-state index is 0.157. The number of benzene rings is 2. The Morgan fingerprint density at radius 1 is 1.00 bits per heavy atom. The molecule has 0 fully saturated rings. The summed E-state index contributed by atoms with van der Waals surface area (Å²) in [6, 6.07) is 8.38. The second-order valence-corrected chi connectivity index (χ2v) is 4.98. The maximum atomic E-state index is 13.2. The van der Waals surface area contributed by atoms with Crippen LogP contribution in [0, 0.1) is 11.6 Å². The maximum absolute atomic E-state index is 13.2. The van der Waals surface area contributed by atoms with Gasteiger partial charge in [0.15, 0.2) is 23.1 Å². The lowest BCUT2D eigenvalue weighted by molar-refractivity contribution is 0.0784. The molecule has 0 unspecified atom stereocenters. The summed E-state index contributed by atoms with van der Waals surface area (Å²) in [5.74, 6) is -1.15. The van der Waals surface area contributed by atoms with Crippen LogP contribution in [0.4, 0.5) is 8.78 Å². The van der Waals surface area contributed by atoms with Crippen LogP contribution in [0.5, 0.6) is 11.5 Å². The average molecular weight is 321 g/mol. The number of hydrogen-bond donors (Lipinski definition) is 0. The Labute approximate surface area is 133 Å². The molecule has 0 heterocycles. The Hall–Kier alpha value is -2.63. The summed E-state index contributed by atoms with van der Waals surface area (Å²) in [7, 11) is 4.58. The Bertz CT molecular complexity index is 719. The van der Waals surface area contributed by atoms with Gasteiger partial charge in [-0.1, -0.05) is 6.07 Å². The minimum Gasteiger partial charge on any atom is -0.493 e. The number of carbonyl (C=O) groups is 1. The largest absolute Gasteiger partial charge is 0.493 e. The second-order valence-electron chi connectivity index (χ2n) is 4.98. The molecule has 0 aromatic heterocycles. The number of halogens is 2. The van der Waals surface area contributed by atoms with E-state index in [2.05, 4.69) is 0 Å². The van der Waals surface area contributed by atoms with Gasteiger partial charge in [-0.05, 0) is 35.9 Å². The van der Waals surface area contributed by atoms with Crippen molar-refractivity contribution in [2.75, 3.05) is 21.3 Å². The molecule has 122 valence electrons. The van der Waals surface area contributed by atoms with E-state index in [9.17, 15) is 13.6 Å². The van der Waals surface area contributed by atoms with Crippen molar-refractivity contribution in [1.82, 2.24) is 4.90 Å². The molecule has 0 saturated carbocycles. The summed E-state index contributed by atoms with van der Waals surface area (Å²) in [6.45, 7) is 0.157. The molecular weight excluding hydrogens is 304 g/mol. The average Bonchev–Trinajstić information content (AvgIpc) is 2.56. The number of methoxy groups -OCH3 is 2. The third-order valence-electron chi connectivity index (χ3n) is 3.38. The van der Waals surface area contributed by atoms with Gasteiger partial charge in [-0.3, -0.25) is 4.79 Å². The first-order valence-electron chi connectivity index (χ1n) is 6.87. The van der Waals surface area contributed by atoms with E-state index < -0.39 is 11.6 Å². The van der Waals surface area contributed by atoms with E-state index in [-0.39, 0.29) is 12.5 Å². The summed E-state index contributed by atoms with van der Waals surface area (Å²) in [4.78, 5) is 13.8. The number of hydrogen-bond acceptors (Lipinski definition) is 3. The molecular formula is C17H17F2NO3. The standard InChI is InChI=1S/C17H17F2NO3/c1-20(10-11-4-6-13(18)14(19)8-11)17(21)12-5-7-15(22-2)16(9-12)23-3/h4-9H,10H2,1-3H3. The lowest BCUT2D eigenvalue weighted by atomic mass is 10.1. The number of nitrogens with zero attached hydrogens (tertiary/aromatic N) is 1. The van der Waals surface area contributed by atoms with Crippen molar-refractivity contribution in [2.45, 2.75) is 6.54 Å². The van der Waals surface area contributed by atoms with Crippen molar-refractivity contribution < 1.29 is 23.0 Å². The van der Waals surface area contributed by atoms with Crippen molar-refractivity contribution >= 4 is 5.91 Å². The molecule has 0 spiro atoms. The molecule has 0 atom stereocenters. The van der Waals surface area contributed by atoms with E-state index in [1.807, 2.05) is 0 Å². The van der Waals surface area contributed by atoms with Crippen LogP contribution in [0.1, 0.15) is 15.9 Å².